The van der Waals surface area contributed by atoms with Crippen LogP contribution in [0.2, 0.25) is 0 Å². The van der Waals surface area contributed by atoms with Crippen LogP contribution in [0.4, 0.5) is 0 Å². The molecular formula is C12H15BrO4. The third-order valence-corrected chi connectivity index (χ3v) is 3.53. The minimum atomic E-state index is -0.429. The monoisotopic (exact) mass is 302 g/mol. The number of rotatable bonds is 4. The normalized spacial score (nSPS) is 27.4. The highest BCUT2D eigenvalue weighted by molar-refractivity contribution is 9.10. The number of ether oxygens (including phenoxy) is 3. The molecule has 0 amide bonds. The molecule has 1 aliphatic rings. The molecule has 1 aliphatic carbocycles. The van der Waals surface area contributed by atoms with Crippen molar-refractivity contribution < 1.29 is 19.3 Å². The van der Waals surface area contributed by atoms with Crippen LogP contribution in [-0.4, -0.2) is 37.6 Å². The maximum Gasteiger partial charge on any atom is 0.134 e. The molecule has 3 atom stereocenters. The van der Waals surface area contributed by atoms with Gasteiger partial charge in [0.1, 0.15) is 23.7 Å². The standard InChI is InChI=1S/C12H15BrO4/c1-15-7-3-4-10(8(13)5-7)17-11-6-9(14)12(11)16-2/h3-5,9,11-12,14H,6H2,1-2H3. The maximum atomic E-state index is 9.47. The van der Waals surface area contributed by atoms with Crippen LogP contribution in [0.25, 0.3) is 0 Å². The Labute approximate surface area is 109 Å². The Balaban J connectivity index is 2.04. The van der Waals surface area contributed by atoms with Crippen LogP contribution in [0.1, 0.15) is 6.42 Å². The second-order valence-electron chi connectivity index (χ2n) is 3.96. The Kier molecular flexibility index (Phi) is 3.91. The van der Waals surface area contributed by atoms with Gasteiger partial charge in [-0.2, -0.15) is 0 Å². The second kappa shape index (κ2) is 5.25. The first-order chi connectivity index (χ1) is 8.15. The summed E-state index contributed by atoms with van der Waals surface area (Å²) in [6, 6.07) is 5.50. The quantitative estimate of drug-likeness (QED) is 0.924. The van der Waals surface area contributed by atoms with Gasteiger partial charge in [-0.25, -0.2) is 0 Å². The van der Waals surface area contributed by atoms with Crippen LogP contribution in [-0.2, 0) is 4.74 Å². The maximum absolute atomic E-state index is 9.47. The Morgan fingerprint density at radius 1 is 1.35 bits per heavy atom. The van der Waals surface area contributed by atoms with Crippen molar-refractivity contribution in [2.75, 3.05) is 14.2 Å². The van der Waals surface area contributed by atoms with E-state index in [9.17, 15) is 5.11 Å². The third kappa shape index (κ3) is 2.56. The summed E-state index contributed by atoms with van der Waals surface area (Å²) in [5.74, 6) is 1.49. The van der Waals surface area contributed by atoms with Gasteiger partial charge in [-0.1, -0.05) is 0 Å². The number of hydrogen-bond acceptors (Lipinski definition) is 4. The summed E-state index contributed by atoms with van der Waals surface area (Å²) in [6.07, 6.45) is -0.178. The molecule has 2 rings (SSSR count). The Hall–Kier alpha value is -0.780. The van der Waals surface area contributed by atoms with E-state index < -0.39 is 6.10 Å². The van der Waals surface area contributed by atoms with Crippen LogP contribution in [0.15, 0.2) is 22.7 Å². The third-order valence-electron chi connectivity index (χ3n) is 2.91. The molecule has 0 aliphatic heterocycles. The van der Waals surface area contributed by atoms with Crippen molar-refractivity contribution >= 4 is 15.9 Å². The van der Waals surface area contributed by atoms with Gasteiger partial charge in [0, 0.05) is 13.5 Å². The van der Waals surface area contributed by atoms with Gasteiger partial charge in [0.25, 0.3) is 0 Å². The minimum Gasteiger partial charge on any atom is -0.497 e. The molecule has 0 spiro atoms. The van der Waals surface area contributed by atoms with Gasteiger partial charge in [-0.3, -0.25) is 0 Å². The largest absolute Gasteiger partial charge is 0.497 e. The van der Waals surface area contributed by atoms with Crippen LogP contribution < -0.4 is 9.47 Å². The highest BCUT2D eigenvalue weighted by atomic mass is 79.9. The average Bonchev–Trinajstić information content (AvgIpc) is 2.31. The zero-order valence-corrected chi connectivity index (χ0v) is 11.3. The molecule has 0 aromatic heterocycles. The Morgan fingerprint density at radius 3 is 2.65 bits per heavy atom. The van der Waals surface area contributed by atoms with Gasteiger partial charge >= 0.3 is 0 Å². The van der Waals surface area contributed by atoms with E-state index >= 15 is 0 Å². The SMILES string of the molecule is COc1ccc(OC2CC(O)C2OC)c(Br)c1. The van der Waals surface area contributed by atoms with Crippen molar-refractivity contribution in [1.82, 2.24) is 0 Å². The molecule has 3 unspecified atom stereocenters. The van der Waals surface area contributed by atoms with Gasteiger partial charge in [0.05, 0.1) is 17.7 Å². The first-order valence-corrected chi connectivity index (χ1v) is 6.16. The average molecular weight is 303 g/mol. The van der Waals surface area contributed by atoms with Gasteiger partial charge in [0.2, 0.25) is 0 Å². The molecule has 94 valence electrons. The molecule has 1 aromatic rings. The highest BCUT2D eigenvalue weighted by Gasteiger charge is 2.42. The summed E-state index contributed by atoms with van der Waals surface area (Å²) in [6.45, 7) is 0. The van der Waals surface area contributed by atoms with E-state index in [1.165, 1.54) is 0 Å². The fourth-order valence-corrected chi connectivity index (χ4v) is 2.30. The van der Waals surface area contributed by atoms with Crippen LogP contribution in [0.3, 0.4) is 0 Å². The van der Waals surface area contributed by atoms with E-state index in [-0.39, 0.29) is 12.2 Å². The molecule has 17 heavy (non-hydrogen) atoms. The van der Waals surface area contributed by atoms with Gasteiger partial charge in [-0.05, 0) is 34.1 Å². The number of methoxy groups -OCH3 is 2. The smallest absolute Gasteiger partial charge is 0.134 e. The van der Waals surface area contributed by atoms with E-state index in [2.05, 4.69) is 15.9 Å². The fraction of sp³-hybridized carbons (Fsp3) is 0.500. The topological polar surface area (TPSA) is 47.9 Å². The number of aliphatic hydroxyl groups is 1. The summed E-state index contributed by atoms with van der Waals surface area (Å²) < 4.78 is 16.9. The van der Waals surface area contributed by atoms with E-state index in [0.717, 1.165) is 16.0 Å². The molecule has 4 nitrogen and oxygen atoms in total. The first kappa shape index (κ1) is 12.7. The highest BCUT2D eigenvalue weighted by Crippen LogP contribution is 2.34. The lowest BCUT2D eigenvalue weighted by molar-refractivity contribution is -0.149. The molecule has 1 aromatic carbocycles. The van der Waals surface area contributed by atoms with Gasteiger partial charge < -0.3 is 19.3 Å². The molecule has 1 fully saturated rings. The molecule has 0 bridgehead atoms. The summed E-state index contributed by atoms with van der Waals surface area (Å²) in [5.41, 5.74) is 0. The summed E-state index contributed by atoms with van der Waals surface area (Å²) >= 11 is 3.42. The van der Waals surface area contributed by atoms with E-state index in [4.69, 9.17) is 14.2 Å². The summed E-state index contributed by atoms with van der Waals surface area (Å²) in [4.78, 5) is 0. The predicted molar refractivity (Wildman–Crippen MR) is 66.5 cm³/mol. The molecule has 0 heterocycles. The van der Waals surface area contributed by atoms with Crippen molar-refractivity contribution in [3.05, 3.63) is 22.7 Å². The molecule has 1 saturated carbocycles. The molecule has 0 radical (unpaired) electrons. The number of benzene rings is 1. The minimum absolute atomic E-state index is 0.0975. The zero-order valence-electron chi connectivity index (χ0n) is 9.72. The summed E-state index contributed by atoms with van der Waals surface area (Å²) in [5, 5.41) is 9.47. The second-order valence-corrected chi connectivity index (χ2v) is 4.81. The molecule has 5 heteroatoms. The Morgan fingerprint density at radius 2 is 2.12 bits per heavy atom. The summed E-state index contributed by atoms with van der Waals surface area (Å²) in [7, 11) is 3.19. The van der Waals surface area contributed by atoms with Crippen molar-refractivity contribution in [3.63, 3.8) is 0 Å². The first-order valence-electron chi connectivity index (χ1n) is 5.36. The molecule has 1 N–H and O–H groups in total. The fourth-order valence-electron chi connectivity index (χ4n) is 1.85. The number of aliphatic hydroxyl groups excluding tert-OH is 1. The molecular weight excluding hydrogens is 288 g/mol. The van der Waals surface area contributed by atoms with Crippen molar-refractivity contribution in [2.24, 2.45) is 0 Å². The van der Waals surface area contributed by atoms with Gasteiger partial charge in [0.15, 0.2) is 0 Å². The lowest BCUT2D eigenvalue weighted by atomic mass is 9.88. The van der Waals surface area contributed by atoms with Crippen molar-refractivity contribution in [3.8, 4) is 11.5 Å². The van der Waals surface area contributed by atoms with Crippen LogP contribution in [0, 0.1) is 0 Å². The molecule has 0 saturated heterocycles. The zero-order chi connectivity index (χ0) is 12.4. The number of halogens is 1. The van der Waals surface area contributed by atoms with Crippen molar-refractivity contribution in [2.45, 2.75) is 24.7 Å². The van der Waals surface area contributed by atoms with E-state index in [1.54, 1.807) is 14.2 Å². The van der Waals surface area contributed by atoms with Crippen LogP contribution >= 0.6 is 15.9 Å². The van der Waals surface area contributed by atoms with E-state index in [0.29, 0.717) is 6.42 Å². The van der Waals surface area contributed by atoms with Gasteiger partial charge in [-0.15, -0.1) is 0 Å². The Bertz CT molecular complexity index is 396. The lowest BCUT2D eigenvalue weighted by Crippen LogP contribution is -2.54. The van der Waals surface area contributed by atoms with Crippen LogP contribution in [0.5, 0.6) is 11.5 Å². The lowest BCUT2D eigenvalue weighted by Gasteiger charge is -2.40. The van der Waals surface area contributed by atoms with Crippen molar-refractivity contribution in [1.29, 1.82) is 0 Å². The number of hydrogen-bond donors (Lipinski definition) is 1. The predicted octanol–water partition coefficient (Wildman–Crippen LogP) is 1.98. The van der Waals surface area contributed by atoms with E-state index in [1.807, 2.05) is 18.2 Å².